The van der Waals surface area contributed by atoms with Gasteiger partial charge in [-0.15, -0.1) is 0 Å². The zero-order valence-corrected chi connectivity index (χ0v) is 12.6. The van der Waals surface area contributed by atoms with Crippen LogP contribution in [0.2, 0.25) is 5.02 Å². The summed E-state index contributed by atoms with van der Waals surface area (Å²) >= 11 is 8.19. The average molecular weight is 383 g/mol. The molecule has 19 heavy (non-hydrogen) atoms. The number of hydrogen-bond acceptors (Lipinski definition) is 2. The average Bonchev–Trinajstić information content (AvgIpc) is 2.85. The molecule has 0 aliphatic heterocycles. The summed E-state index contributed by atoms with van der Waals surface area (Å²) < 4.78 is 0.927. The Labute approximate surface area is 128 Å². The molecule has 0 aliphatic rings. The smallest absolute Gasteiger partial charge is 0.195 e. The van der Waals surface area contributed by atoms with E-state index in [9.17, 15) is 4.79 Å². The van der Waals surface area contributed by atoms with Crippen molar-refractivity contribution in [2.75, 3.05) is 0 Å². The number of aromatic nitrogens is 2. The summed E-state index contributed by atoms with van der Waals surface area (Å²) in [4.78, 5) is 19.6. The number of H-pyrrole nitrogens is 1. The zero-order valence-electron chi connectivity index (χ0n) is 9.65. The second kappa shape index (κ2) is 4.94. The Bertz CT molecular complexity index is 782. The SMILES string of the molecule is O=C(c1ccc(I)c(Cl)c1)c1c[nH]c2ncccc12. The van der Waals surface area contributed by atoms with Crippen molar-refractivity contribution >= 4 is 51.0 Å². The molecule has 0 fully saturated rings. The predicted octanol–water partition coefficient (Wildman–Crippen LogP) is 4.05. The van der Waals surface area contributed by atoms with E-state index in [1.807, 2.05) is 18.2 Å². The Balaban J connectivity index is 2.11. The Kier molecular flexibility index (Phi) is 3.28. The quantitative estimate of drug-likeness (QED) is 0.537. The Hall–Kier alpha value is -1.40. The van der Waals surface area contributed by atoms with E-state index in [1.165, 1.54) is 0 Å². The zero-order chi connectivity index (χ0) is 13.4. The maximum Gasteiger partial charge on any atom is 0.195 e. The molecule has 3 rings (SSSR count). The van der Waals surface area contributed by atoms with Gasteiger partial charge < -0.3 is 4.98 Å². The molecule has 0 spiro atoms. The van der Waals surface area contributed by atoms with Crippen LogP contribution in [0.4, 0.5) is 0 Å². The van der Waals surface area contributed by atoms with Crippen molar-refractivity contribution in [3.05, 3.63) is 62.4 Å². The highest BCUT2D eigenvalue weighted by molar-refractivity contribution is 14.1. The molecule has 0 bridgehead atoms. The van der Waals surface area contributed by atoms with Crippen LogP contribution in [0, 0.1) is 3.57 Å². The first-order valence-corrected chi connectivity index (χ1v) is 7.04. The summed E-state index contributed by atoms with van der Waals surface area (Å²) in [6.45, 7) is 0. The van der Waals surface area contributed by atoms with Crippen molar-refractivity contribution in [2.45, 2.75) is 0 Å². The number of ketones is 1. The molecule has 0 radical (unpaired) electrons. The van der Waals surface area contributed by atoms with Gasteiger partial charge in [-0.2, -0.15) is 0 Å². The van der Waals surface area contributed by atoms with Crippen molar-refractivity contribution in [2.24, 2.45) is 0 Å². The van der Waals surface area contributed by atoms with Gasteiger partial charge in [-0.25, -0.2) is 4.98 Å². The number of pyridine rings is 1. The summed E-state index contributed by atoms with van der Waals surface area (Å²) in [5.41, 5.74) is 1.90. The highest BCUT2D eigenvalue weighted by Gasteiger charge is 2.15. The van der Waals surface area contributed by atoms with E-state index >= 15 is 0 Å². The van der Waals surface area contributed by atoms with Crippen LogP contribution >= 0.6 is 34.2 Å². The van der Waals surface area contributed by atoms with Crippen molar-refractivity contribution in [1.29, 1.82) is 0 Å². The fraction of sp³-hybridized carbons (Fsp3) is 0. The van der Waals surface area contributed by atoms with Gasteiger partial charge in [-0.3, -0.25) is 4.79 Å². The van der Waals surface area contributed by atoms with E-state index in [-0.39, 0.29) is 5.78 Å². The number of aromatic amines is 1. The van der Waals surface area contributed by atoms with Crippen molar-refractivity contribution in [3.8, 4) is 0 Å². The van der Waals surface area contributed by atoms with E-state index in [0.717, 1.165) is 8.96 Å². The number of nitrogens with zero attached hydrogens (tertiary/aromatic N) is 1. The van der Waals surface area contributed by atoms with Gasteiger partial charge in [-0.1, -0.05) is 11.6 Å². The molecule has 2 aromatic heterocycles. The van der Waals surface area contributed by atoms with Crippen molar-refractivity contribution in [1.82, 2.24) is 9.97 Å². The number of nitrogens with one attached hydrogen (secondary N) is 1. The van der Waals surface area contributed by atoms with E-state index < -0.39 is 0 Å². The Morgan fingerprint density at radius 2 is 2.16 bits per heavy atom. The van der Waals surface area contributed by atoms with Crippen LogP contribution in [-0.4, -0.2) is 15.8 Å². The van der Waals surface area contributed by atoms with Crippen LogP contribution in [0.3, 0.4) is 0 Å². The summed E-state index contributed by atoms with van der Waals surface area (Å²) in [6.07, 6.45) is 3.38. The van der Waals surface area contributed by atoms with Crippen LogP contribution in [0.15, 0.2) is 42.7 Å². The number of halogens is 2. The van der Waals surface area contributed by atoms with Gasteiger partial charge in [0.2, 0.25) is 0 Å². The molecule has 2 heterocycles. The van der Waals surface area contributed by atoms with Crippen LogP contribution in [-0.2, 0) is 0 Å². The molecule has 0 aliphatic carbocycles. The second-order valence-electron chi connectivity index (χ2n) is 4.06. The van der Waals surface area contributed by atoms with Crippen LogP contribution in [0.1, 0.15) is 15.9 Å². The Morgan fingerprint density at radius 3 is 2.95 bits per heavy atom. The number of hydrogen-bond donors (Lipinski definition) is 1. The maximum absolute atomic E-state index is 12.5. The summed E-state index contributed by atoms with van der Waals surface area (Å²) in [6, 6.07) is 9.00. The minimum absolute atomic E-state index is 0.0578. The minimum Gasteiger partial charge on any atom is -0.345 e. The minimum atomic E-state index is -0.0578. The van der Waals surface area contributed by atoms with E-state index in [2.05, 4.69) is 32.6 Å². The molecular weight excluding hydrogens is 375 g/mol. The standard InChI is InChI=1S/C14H8ClIN2O/c15-11-6-8(3-4-12(11)16)13(19)10-7-18-14-9(10)2-1-5-17-14/h1-7H,(H,17,18). The fourth-order valence-electron chi connectivity index (χ4n) is 1.94. The van der Waals surface area contributed by atoms with Gasteiger partial charge in [-0.05, 0) is 52.9 Å². The summed E-state index contributed by atoms with van der Waals surface area (Å²) in [7, 11) is 0. The number of carbonyl (C=O) groups is 1. The monoisotopic (exact) mass is 382 g/mol. The molecule has 0 saturated carbocycles. The predicted molar refractivity (Wildman–Crippen MR) is 83.7 cm³/mol. The number of rotatable bonds is 2. The van der Waals surface area contributed by atoms with E-state index in [1.54, 1.807) is 24.5 Å². The molecule has 94 valence electrons. The van der Waals surface area contributed by atoms with Crippen molar-refractivity contribution in [3.63, 3.8) is 0 Å². The fourth-order valence-corrected chi connectivity index (χ4v) is 2.45. The third-order valence-corrected chi connectivity index (χ3v) is 4.45. The molecule has 3 aromatic rings. The number of fused-ring (bicyclic) bond motifs is 1. The lowest BCUT2D eigenvalue weighted by Crippen LogP contribution is -2.00. The molecule has 5 heteroatoms. The van der Waals surface area contributed by atoms with Crippen molar-refractivity contribution < 1.29 is 4.79 Å². The number of carbonyl (C=O) groups excluding carboxylic acids is 1. The molecule has 1 N–H and O–H groups in total. The van der Waals surface area contributed by atoms with Crippen LogP contribution in [0.25, 0.3) is 11.0 Å². The normalized spacial score (nSPS) is 10.8. The van der Waals surface area contributed by atoms with Gasteiger partial charge in [0.1, 0.15) is 5.65 Å². The summed E-state index contributed by atoms with van der Waals surface area (Å²) in [5.74, 6) is -0.0578. The van der Waals surface area contributed by atoms with Crippen LogP contribution < -0.4 is 0 Å². The van der Waals surface area contributed by atoms with Crippen LogP contribution in [0.5, 0.6) is 0 Å². The first-order valence-electron chi connectivity index (χ1n) is 5.58. The molecule has 1 aromatic carbocycles. The van der Waals surface area contributed by atoms with E-state index in [0.29, 0.717) is 21.8 Å². The molecule has 3 nitrogen and oxygen atoms in total. The van der Waals surface area contributed by atoms with Gasteiger partial charge in [0, 0.05) is 32.5 Å². The molecule has 0 amide bonds. The molecule has 0 saturated heterocycles. The lowest BCUT2D eigenvalue weighted by molar-refractivity contribution is 0.104. The van der Waals surface area contributed by atoms with Gasteiger partial charge in [0.15, 0.2) is 5.78 Å². The highest BCUT2D eigenvalue weighted by atomic mass is 127. The molecule has 0 unspecified atom stereocenters. The summed E-state index contributed by atoms with van der Waals surface area (Å²) in [5, 5.41) is 1.41. The maximum atomic E-state index is 12.5. The molecular formula is C14H8ClIN2O. The largest absolute Gasteiger partial charge is 0.345 e. The molecule has 0 atom stereocenters. The highest BCUT2D eigenvalue weighted by Crippen LogP contribution is 2.23. The van der Waals surface area contributed by atoms with Gasteiger partial charge in [0.05, 0.1) is 5.02 Å². The number of benzene rings is 1. The topological polar surface area (TPSA) is 45.8 Å². The third-order valence-electron chi connectivity index (χ3n) is 2.88. The second-order valence-corrected chi connectivity index (χ2v) is 5.63. The van der Waals surface area contributed by atoms with Gasteiger partial charge in [0.25, 0.3) is 0 Å². The lowest BCUT2D eigenvalue weighted by atomic mass is 10.0. The lowest BCUT2D eigenvalue weighted by Gasteiger charge is -2.02. The third kappa shape index (κ3) is 2.26. The first kappa shape index (κ1) is 12.6. The van der Waals surface area contributed by atoms with E-state index in [4.69, 9.17) is 11.6 Å². The first-order chi connectivity index (χ1) is 9.16. The van der Waals surface area contributed by atoms with Gasteiger partial charge >= 0.3 is 0 Å². The Morgan fingerprint density at radius 1 is 1.32 bits per heavy atom.